The number of thiophene rings is 1. The normalized spacial score (nSPS) is 9.17. The summed E-state index contributed by atoms with van der Waals surface area (Å²) < 4.78 is 5.38. The third-order valence-corrected chi connectivity index (χ3v) is 2.34. The van der Waals surface area contributed by atoms with Gasteiger partial charge in [-0.05, 0) is 31.3 Å². The lowest BCUT2D eigenvalue weighted by atomic mass is 10.3. The molecule has 0 saturated heterocycles. The van der Waals surface area contributed by atoms with Crippen molar-refractivity contribution in [2.75, 3.05) is 13.2 Å². The van der Waals surface area contributed by atoms with Crippen molar-refractivity contribution in [3.05, 3.63) is 16.3 Å². The highest BCUT2D eigenvalue weighted by Crippen LogP contribution is 2.24. The van der Waals surface area contributed by atoms with E-state index in [1.54, 1.807) is 11.3 Å². The summed E-state index contributed by atoms with van der Waals surface area (Å²) in [5.74, 6) is 1.00. The predicted molar refractivity (Wildman–Crippen MR) is 55.5 cm³/mol. The number of hydrogen-bond donors (Lipinski definition) is 1. The minimum absolute atomic E-state index is 0. The largest absolute Gasteiger partial charge is 0.493 e. The van der Waals surface area contributed by atoms with Crippen LogP contribution in [0.25, 0.3) is 0 Å². The molecule has 0 aromatic carbocycles. The number of nitrogens with two attached hydrogens (primary N) is 1. The fraction of sp³-hybridized carbons (Fsp3) is 0.500. The van der Waals surface area contributed by atoms with Crippen LogP contribution < -0.4 is 10.5 Å². The molecule has 1 aromatic heterocycles. The molecule has 0 unspecified atom stereocenters. The summed E-state index contributed by atoms with van der Waals surface area (Å²) >= 11 is 1.71. The molecule has 0 atom stereocenters. The van der Waals surface area contributed by atoms with Crippen molar-refractivity contribution in [3.8, 4) is 5.75 Å². The molecule has 0 spiro atoms. The Kier molecular flexibility index (Phi) is 6.16. The maximum absolute atomic E-state index is 5.44. The van der Waals surface area contributed by atoms with E-state index in [9.17, 15) is 0 Å². The summed E-state index contributed by atoms with van der Waals surface area (Å²) in [5.41, 5.74) is 5.44. The van der Waals surface area contributed by atoms with Gasteiger partial charge in [-0.1, -0.05) is 0 Å². The molecule has 1 rings (SSSR count). The van der Waals surface area contributed by atoms with E-state index in [2.05, 4.69) is 0 Å². The van der Waals surface area contributed by atoms with Gasteiger partial charge in [0.2, 0.25) is 0 Å². The fourth-order valence-corrected chi connectivity index (χ4v) is 1.76. The van der Waals surface area contributed by atoms with Gasteiger partial charge in [0.25, 0.3) is 0 Å². The molecule has 70 valence electrons. The van der Waals surface area contributed by atoms with E-state index < -0.39 is 0 Å². The molecule has 0 fully saturated rings. The minimum atomic E-state index is 0. The second kappa shape index (κ2) is 6.29. The number of rotatable bonds is 4. The van der Waals surface area contributed by atoms with E-state index in [-0.39, 0.29) is 12.4 Å². The Hall–Kier alpha value is -0.250. The van der Waals surface area contributed by atoms with E-state index in [0.29, 0.717) is 6.54 Å². The highest BCUT2D eigenvalue weighted by molar-refractivity contribution is 7.10. The van der Waals surface area contributed by atoms with E-state index in [1.165, 1.54) is 4.88 Å². The van der Waals surface area contributed by atoms with E-state index in [1.807, 2.05) is 18.4 Å². The van der Waals surface area contributed by atoms with Crippen LogP contribution in [-0.2, 0) is 6.42 Å². The molecule has 0 radical (unpaired) electrons. The number of ether oxygens (including phenoxy) is 1. The average molecular weight is 208 g/mol. The van der Waals surface area contributed by atoms with E-state index in [4.69, 9.17) is 10.5 Å². The molecule has 2 N–H and O–H groups in total. The van der Waals surface area contributed by atoms with E-state index in [0.717, 1.165) is 18.8 Å². The highest BCUT2D eigenvalue weighted by Gasteiger charge is 2.02. The monoisotopic (exact) mass is 207 g/mol. The van der Waals surface area contributed by atoms with Gasteiger partial charge in [0.1, 0.15) is 5.75 Å². The first-order valence-corrected chi connectivity index (χ1v) is 4.65. The van der Waals surface area contributed by atoms with Gasteiger partial charge >= 0.3 is 0 Å². The molecule has 1 heterocycles. The third-order valence-electron chi connectivity index (χ3n) is 1.38. The van der Waals surface area contributed by atoms with Crippen LogP contribution in [0.15, 0.2) is 11.4 Å². The van der Waals surface area contributed by atoms with Crippen LogP contribution >= 0.6 is 23.7 Å². The maximum atomic E-state index is 5.44. The zero-order chi connectivity index (χ0) is 8.10. The molecule has 0 aliphatic carbocycles. The van der Waals surface area contributed by atoms with Gasteiger partial charge in [-0.2, -0.15) is 0 Å². The van der Waals surface area contributed by atoms with Crippen LogP contribution in [0.4, 0.5) is 0 Å². The molecule has 0 saturated carbocycles. The molecule has 0 bridgehead atoms. The lowest BCUT2D eigenvalue weighted by Gasteiger charge is -2.02. The predicted octanol–water partition coefficient (Wildman–Crippen LogP) is 2.07. The van der Waals surface area contributed by atoms with Gasteiger partial charge in [-0.25, -0.2) is 0 Å². The van der Waals surface area contributed by atoms with E-state index >= 15 is 0 Å². The maximum Gasteiger partial charge on any atom is 0.133 e. The standard InChI is InChI=1S/C8H13NOS.ClH/c1-2-10-7-4-6-11-8(7)3-5-9;/h4,6H,2-3,5,9H2,1H3;1H. The Morgan fingerprint density at radius 1 is 1.58 bits per heavy atom. The molecule has 1 aromatic rings. The first-order chi connectivity index (χ1) is 5.38. The summed E-state index contributed by atoms with van der Waals surface area (Å²) in [6, 6.07) is 2.00. The zero-order valence-electron chi connectivity index (χ0n) is 7.08. The van der Waals surface area contributed by atoms with Crippen molar-refractivity contribution in [2.24, 2.45) is 5.73 Å². The second-order valence-corrected chi connectivity index (χ2v) is 3.18. The van der Waals surface area contributed by atoms with Crippen molar-refractivity contribution in [3.63, 3.8) is 0 Å². The first kappa shape index (κ1) is 11.8. The third kappa shape index (κ3) is 3.01. The van der Waals surface area contributed by atoms with Gasteiger partial charge in [-0.3, -0.25) is 0 Å². The Bertz CT molecular complexity index is 194. The molecule has 2 nitrogen and oxygen atoms in total. The quantitative estimate of drug-likeness (QED) is 0.821. The first-order valence-electron chi connectivity index (χ1n) is 3.77. The van der Waals surface area contributed by atoms with Crippen molar-refractivity contribution in [1.82, 2.24) is 0 Å². The minimum Gasteiger partial charge on any atom is -0.493 e. The molecular weight excluding hydrogens is 194 g/mol. The smallest absolute Gasteiger partial charge is 0.133 e. The number of halogens is 1. The van der Waals surface area contributed by atoms with Gasteiger partial charge in [-0.15, -0.1) is 23.7 Å². The van der Waals surface area contributed by atoms with Crippen LogP contribution in [0.1, 0.15) is 11.8 Å². The molecule has 12 heavy (non-hydrogen) atoms. The molecule has 4 heteroatoms. The Morgan fingerprint density at radius 3 is 2.92 bits per heavy atom. The van der Waals surface area contributed by atoms with Gasteiger partial charge in [0.15, 0.2) is 0 Å². The second-order valence-electron chi connectivity index (χ2n) is 2.18. The number of hydrogen-bond acceptors (Lipinski definition) is 3. The summed E-state index contributed by atoms with van der Waals surface area (Å²) in [5, 5.41) is 2.04. The topological polar surface area (TPSA) is 35.2 Å². The molecular formula is C8H14ClNOS. The van der Waals surface area contributed by atoms with Crippen LogP contribution in [0.2, 0.25) is 0 Å². The highest BCUT2D eigenvalue weighted by atomic mass is 35.5. The Labute approximate surface area is 83.1 Å². The van der Waals surface area contributed by atoms with Crippen LogP contribution in [-0.4, -0.2) is 13.2 Å². The van der Waals surface area contributed by atoms with Crippen LogP contribution in [0.3, 0.4) is 0 Å². The average Bonchev–Trinajstić information content (AvgIpc) is 2.39. The van der Waals surface area contributed by atoms with Crippen molar-refractivity contribution in [2.45, 2.75) is 13.3 Å². The van der Waals surface area contributed by atoms with Crippen LogP contribution in [0.5, 0.6) is 5.75 Å². The van der Waals surface area contributed by atoms with Gasteiger partial charge < -0.3 is 10.5 Å². The molecule has 0 aliphatic rings. The summed E-state index contributed by atoms with van der Waals surface area (Å²) in [6.45, 7) is 3.42. The van der Waals surface area contributed by atoms with Crippen molar-refractivity contribution < 1.29 is 4.74 Å². The lowest BCUT2D eigenvalue weighted by molar-refractivity contribution is 0.338. The molecule has 0 aliphatic heterocycles. The van der Waals surface area contributed by atoms with Crippen molar-refractivity contribution in [1.29, 1.82) is 0 Å². The molecule has 0 amide bonds. The fourth-order valence-electron chi connectivity index (χ4n) is 0.926. The summed E-state index contributed by atoms with van der Waals surface area (Å²) in [7, 11) is 0. The Balaban J connectivity index is 0.00000121. The Morgan fingerprint density at radius 2 is 2.33 bits per heavy atom. The lowest BCUT2D eigenvalue weighted by Crippen LogP contribution is -2.02. The van der Waals surface area contributed by atoms with Gasteiger partial charge in [0.05, 0.1) is 6.61 Å². The van der Waals surface area contributed by atoms with Gasteiger partial charge in [0, 0.05) is 4.88 Å². The van der Waals surface area contributed by atoms with Crippen LogP contribution in [0, 0.1) is 0 Å². The summed E-state index contributed by atoms with van der Waals surface area (Å²) in [4.78, 5) is 1.26. The SMILES string of the molecule is CCOc1ccsc1CCN.Cl. The van der Waals surface area contributed by atoms with Crippen molar-refractivity contribution >= 4 is 23.7 Å². The summed E-state index contributed by atoms with van der Waals surface area (Å²) in [6.07, 6.45) is 0.924. The zero-order valence-corrected chi connectivity index (χ0v) is 8.71.